The minimum absolute atomic E-state index is 0.0164. The van der Waals surface area contributed by atoms with Crippen molar-refractivity contribution in [1.29, 1.82) is 0 Å². The molecule has 8 nitrogen and oxygen atoms in total. The number of thiazole rings is 1. The number of aromatic nitrogens is 3. The van der Waals surface area contributed by atoms with E-state index in [0.717, 1.165) is 17.0 Å². The first-order valence-electron chi connectivity index (χ1n) is 7.40. The van der Waals surface area contributed by atoms with Crippen molar-refractivity contribution < 1.29 is 13.2 Å². The van der Waals surface area contributed by atoms with Crippen molar-refractivity contribution in [3.05, 3.63) is 40.5 Å². The molecule has 0 aliphatic heterocycles. The largest absolute Gasteiger partial charge is 0.305 e. The summed E-state index contributed by atoms with van der Waals surface area (Å²) >= 11 is 1.15. The smallest absolute Gasteiger partial charge is 0.300 e. The Labute approximate surface area is 153 Å². The number of rotatable bonds is 3. The van der Waals surface area contributed by atoms with Gasteiger partial charge in [0.25, 0.3) is 5.91 Å². The third-order valence-electron chi connectivity index (χ3n) is 3.76. The Morgan fingerprint density at radius 1 is 1.42 bits per heavy atom. The van der Waals surface area contributed by atoms with Crippen molar-refractivity contribution in [2.75, 3.05) is 0 Å². The van der Waals surface area contributed by atoms with Gasteiger partial charge in [0.2, 0.25) is 10.0 Å². The second-order valence-corrected chi connectivity index (χ2v) is 8.13. The number of nitrogens with two attached hydrogens (primary N) is 1. The lowest BCUT2D eigenvalue weighted by Gasteiger charge is -2.01. The van der Waals surface area contributed by atoms with E-state index in [1.54, 1.807) is 28.4 Å². The average molecular weight is 389 g/mol. The molecule has 0 radical (unpaired) electrons. The first-order chi connectivity index (χ1) is 12.2. The predicted octanol–water partition coefficient (Wildman–Crippen LogP) is 0.766. The fraction of sp³-hybridized carbons (Fsp3) is 0.188. The number of hydrogen-bond donors (Lipinski definition) is 1. The van der Waals surface area contributed by atoms with Crippen molar-refractivity contribution >= 4 is 37.5 Å². The molecule has 0 atom stereocenters. The quantitative estimate of drug-likeness (QED) is 0.667. The van der Waals surface area contributed by atoms with Gasteiger partial charge in [0.1, 0.15) is 0 Å². The van der Waals surface area contributed by atoms with Gasteiger partial charge in [0.15, 0.2) is 10.5 Å². The van der Waals surface area contributed by atoms with Gasteiger partial charge in [-0.3, -0.25) is 9.48 Å². The third-order valence-corrected chi connectivity index (χ3v) is 5.71. The van der Waals surface area contributed by atoms with Crippen LogP contribution in [0.1, 0.15) is 16.2 Å². The number of carbonyl (C=O) groups excluding carboxylic acids is 1. The summed E-state index contributed by atoms with van der Waals surface area (Å²) in [6.07, 6.45) is 5.42. The fourth-order valence-corrected chi connectivity index (χ4v) is 4.05. The van der Waals surface area contributed by atoms with Gasteiger partial charge in [-0.1, -0.05) is 17.3 Å². The first-order valence-corrected chi connectivity index (χ1v) is 9.76. The minimum atomic E-state index is -3.83. The molecule has 1 amide bonds. The Kier molecular flexibility index (Phi) is 4.53. The van der Waals surface area contributed by atoms with Crippen molar-refractivity contribution in [2.45, 2.75) is 18.4 Å². The monoisotopic (exact) mass is 389 g/mol. The zero-order chi connectivity index (χ0) is 19.1. The van der Waals surface area contributed by atoms with Gasteiger partial charge >= 0.3 is 0 Å². The molecule has 0 spiro atoms. The highest BCUT2D eigenvalue weighted by molar-refractivity contribution is 7.89. The van der Waals surface area contributed by atoms with Crippen LogP contribution >= 0.6 is 11.3 Å². The number of carbonyl (C=O) groups is 1. The lowest BCUT2D eigenvalue weighted by atomic mass is 10.3. The van der Waals surface area contributed by atoms with Crippen LogP contribution in [0.15, 0.2) is 34.2 Å². The van der Waals surface area contributed by atoms with E-state index >= 15 is 0 Å². The Bertz CT molecular complexity index is 1220. The molecular weight excluding hydrogens is 374 g/mol. The number of amides is 1. The van der Waals surface area contributed by atoms with Gasteiger partial charge in [0.05, 0.1) is 21.7 Å². The van der Waals surface area contributed by atoms with E-state index in [2.05, 4.69) is 16.0 Å². The van der Waals surface area contributed by atoms with Crippen LogP contribution in [0.3, 0.4) is 0 Å². The van der Waals surface area contributed by atoms with Crippen molar-refractivity contribution in [3.63, 3.8) is 0 Å². The zero-order valence-corrected chi connectivity index (χ0v) is 15.6. The molecule has 10 heteroatoms. The molecule has 0 bridgehead atoms. The van der Waals surface area contributed by atoms with Crippen LogP contribution in [0.4, 0.5) is 0 Å². The molecule has 2 aromatic heterocycles. The molecule has 0 saturated heterocycles. The molecule has 0 aliphatic carbocycles. The maximum absolute atomic E-state index is 12.4. The van der Waals surface area contributed by atoms with Gasteiger partial charge in [-0.2, -0.15) is 10.1 Å². The highest BCUT2D eigenvalue weighted by atomic mass is 32.2. The fourth-order valence-electron chi connectivity index (χ4n) is 2.37. The van der Waals surface area contributed by atoms with E-state index in [-0.39, 0.29) is 17.1 Å². The standard InChI is InChI=1S/C16H15N5O3S2/c1-4-7-21-13-6-5-11(26(17,23)24)9-14(13)25-16(21)18-15(22)12-8-10(2)20(3)19-12/h1,5-6,8-9H,7H2,2-3H3,(H2,17,23,24). The number of benzene rings is 1. The van der Waals surface area contributed by atoms with E-state index in [9.17, 15) is 13.2 Å². The van der Waals surface area contributed by atoms with E-state index in [4.69, 9.17) is 11.6 Å². The highest BCUT2D eigenvalue weighted by Crippen LogP contribution is 2.21. The first kappa shape index (κ1) is 18.1. The van der Waals surface area contributed by atoms with E-state index in [1.807, 2.05) is 6.92 Å². The molecule has 3 rings (SSSR count). The normalized spacial score (nSPS) is 12.5. The summed E-state index contributed by atoms with van der Waals surface area (Å²) in [4.78, 5) is 16.9. The summed E-state index contributed by atoms with van der Waals surface area (Å²) in [6, 6.07) is 6.07. The van der Waals surface area contributed by atoms with Crippen LogP contribution in [0.25, 0.3) is 10.2 Å². The zero-order valence-electron chi connectivity index (χ0n) is 14.0. The number of fused-ring (bicyclic) bond motifs is 1. The number of nitrogens with zero attached hydrogens (tertiary/aromatic N) is 4. The maximum atomic E-state index is 12.4. The summed E-state index contributed by atoms with van der Waals surface area (Å²) in [5.41, 5.74) is 1.72. The van der Waals surface area contributed by atoms with Gasteiger partial charge in [-0.15, -0.1) is 6.42 Å². The van der Waals surface area contributed by atoms with Crippen LogP contribution < -0.4 is 9.94 Å². The lowest BCUT2D eigenvalue weighted by molar-refractivity contribution is 0.0992. The second kappa shape index (κ2) is 6.53. The Hall–Kier alpha value is -2.74. The molecule has 0 saturated carbocycles. The van der Waals surface area contributed by atoms with Crippen LogP contribution in [0.2, 0.25) is 0 Å². The Morgan fingerprint density at radius 2 is 2.15 bits per heavy atom. The van der Waals surface area contributed by atoms with Crippen LogP contribution in [0, 0.1) is 19.3 Å². The van der Waals surface area contributed by atoms with E-state index in [1.165, 1.54) is 12.1 Å². The SMILES string of the molecule is C#CCn1c(=NC(=O)c2cc(C)n(C)n2)sc2cc(S(N)(=O)=O)ccc21. The molecule has 134 valence electrons. The summed E-state index contributed by atoms with van der Waals surface area (Å²) in [5, 5.41) is 9.29. The van der Waals surface area contributed by atoms with Gasteiger partial charge in [-0.25, -0.2) is 13.6 Å². The average Bonchev–Trinajstić information content (AvgIpc) is 3.07. The lowest BCUT2D eigenvalue weighted by Crippen LogP contribution is -2.16. The van der Waals surface area contributed by atoms with Crippen LogP contribution in [-0.2, 0) is 23.6 Å². The summed E-state index contributed by atoms with van der Waals surface area (Å²) in [6.45, 7) is 2.01. The van der Waals surface area contributed by atoms with E-state index in [0.29, 0.717) is 15.0 Å². The third kappa shape index (κ3) is 3.32. The summed E-state index contributed by atoms with van der Waals surface area (Å²) in [5.74, 6) is 2.01. The van der Waals surface area contributed by atoms with Gasteiger partial charge in [-0.05, 0) is 31.2 Å². The molecule has 2 N–H and O–H groups in total. The summed E-state index contributed by atoms with van der Waals surface area (Å²) in [7, 11) is -2.10. The molecule has 26 heavy (non-hydrogen) atoms. The van der Waals surface area contributed by atoms with Crippen LogP contribution in [-0.4, -0.2) is 28.7 Å². The van der Waals surface area contributed by atoms with Crippen molar-refractivity contribution in [2.24, 2.45) is 17.2 Å². The number of sulfonamides is 1. The topological polar surface area (TPSA) is 112 Å². The van der Waals surface area contributed by atoms with Gasteiger partial charge in [0, 0.05) is 12.7 Å². The summed E-state index contributed by atoms with van der Waals surface area (Å²) < 4.78 is 27.0. The number of aryl methyl sites for hydroxylation is 2. The minimum Gasteiger partial charge on any atom is -0.305 e. The molecular formula is C16H15N5O3S2. The van der Waals surface area contributed by atoms with Crippen molar-refractivity contribution in [1.82, 2.24) is 14.3 Å². The number of hydrogen-bond acceptors (Lipinski definition) is 5. The Morgan fingerprint density at radius 3 is 2.73 bits per heavy atom. The molecule has 1 aromatic carbocycles. The van der Waals surface area contributed by atoms with E-state index < -0.39 is 15.9 Å². The second-order valence-electron chi connectivity index (χ2n) is 5.56. The Balaban J connectivity index is 2.19. The van der Waals surface area contributed by atoms with Gasteiger partial charge < -0.3 is 4.57 Å². The van der Waals surface area contributed by atoms with Crippen molar-refractivity contribution in [3.8, 4) is 12.3 Å². The molecule has 0 aliphatic rings. The van der Waals surface area contributed by atoms with Crippen LogP contribution in [0.5, 0.6) is 0 Å². The number of terminal acetylenes is 1. The highest BCUT2D eigenvalue weighted by Gasteiger charge is 2.14. The number of primary sulfonamides is 1. The predicted molar refractivity (Wildman–Crippen MR) is 97.9 cm³/mol. The molecule has 2 heterocycles. The maximum Gasteiger partial charge on any atom is 0.300 e. The molecule has 3 aromatic rings. The molecule has 0 unspecified atom stereocenters. The molecule has 0 fully saturated rings.